The molecule has 0 spiro atoms. The molecule has 3 nitrogen and oxygen atoms in total. The first-order valence-electron chi connectivity index (χ1n) is 6.95. The van der Waals surface area contributed by atoms with E-state index in [4.69, 9.17) is 0 Å². The van der Waals surface area contributed by atoms with Crippen LogP contribution >= 0.6 is 0 Å². The van der Waals surface area contributed by atoms with Gasteiger partial charge in [-0.05, 0) is 24.8 Å². The highest BCUT2D eigenvalue weighted by molar-refractivity contribution is 5.84. The van der Waals surface area contributed by atoms with E-state index < -0.39 is 0 Å². The molecule has 1 aliphatic heterocycles. The lowest BCUT2D eigenvalue weighted by atomic mass is 9.86. The molecule has 2 rings (SSSR count). The second-order valence-electron chi connectivity index (χ2n) is 6.49. The summed E-state index contributed by atoms with van der Waals surface area (Å²) in [4.78, 5) is 14.4. The zero-order valence-corrected chi connectivity index (χ0v) is 12.5. The third kappa shape index (κ3) is 2.66. The van der Waals surface area contributed by atoms with Gasteiger partial charge in [-0.3, -0.25) is 10.1 Å². The van der Waals surface area contributed by atoms with Crippen molar-refractivity contribution in [1.82, 2.24) is 10.2 Å². The fraction of sp³-hybridized carbons (Fsp3) is 0.562. The number of nitrogens with one attached hydrogen (secondary N) is 1. The van der Waals surface area contributed by atoms with Crippen LogP contribution in [0.15, 0.2) is 30.3 Å². The Morgan fingerprint density at radius 1 is 1.21 bits per heavy atom. The van der Waals surface area contributed by atoms with Crippen LogP contribution in [-0.4, -0.2) is 22.9 Å². The average Bonchev–Trinajstić information content (AvgIpc) is 2.65. The Kier molecular flexibility index (Phi) is 3.68. The number of benzene rings is 1. The number of carbonyl (C=O) groups is 1. The molecule has 0 aromatic heterocycles. The Balaban J connectivity index is 2.35. The van der Waals surface area contributed by atoms with Crippen molar-refractivity contribution in [3.8, 4) is 0 Å². The Morgan fingerprint density at radius 3 is 2.32 bits per heavy atom. The maximum atomic E-state index is 12.4. The molecule has 3 unspecified atom stereocenters. The third-order valence-electron chi connectivity index (χ3n) is 4.10. The van der Waals surface area contributed by atoms with Crippen LogP contribution in [0.4, 0.5) is 0 Å². The van der Waals surface area contributed by atoms with Gasteiger partial charge in [0, 0.05) is 6.04 Å². The minimum atomic E-state index is -0.116. The van der Waals surface area contributed by atoms with Crippen molar-refractivity contribution in [2.75, 3.05) is 0 Å². The van der Waals surface area contributed by atoms with Crippen LogP contribution in [0.1, 0.15) is 46.3 Å². The topological polar surface area (TPSA) is 32.3 Å². The van der Waals surface area contributed by atoms with Gasteiger partial charge in [0.2, 0.25) is 5.91 Å². The first-order chi connectivity index (χ1) is 8.82. The number of carbonyl (C=O) groups excluding carboxylic acids is 1. The van der Waals surface area contributed by atoms with Crippen LogP contribution in [0.5, 0.6) is 0 Å². The van der Waals surface area contributed by atoms with Gasteiger partial charge >= 0.3 is 0 Å². The van der Waals surface area contributed by atoms with Gasteiger partial charge in [-0.2, -0.15) is 0 Å². The molecule has 1 heterocycles. The van der Waals surface area contributed by atoms with Crippen molar-refractivity contribution in [3.05, 3.63) is 35.9 Å². The lowest BCUT2D eigenvalue weighted by Gasteiger charge is -2.38. The first kappa shape index (κ1) is 14.1. The summed E-state index contributed by atoms with van der Waals surface area (Å²) < 4.78 is 0. The Hall–Kier alpha value is -1.35. The van der Waals surface area contributed by atoms with Crippen molar-refractivity contribution in [2.24, 2.45) is 5.41 Å². The molecular formula is C16H24N2O. The van der Waals surface area contributed by atoms with Gasteiger partial charge in [0.05, 0.1) is 6.04 Å². The van der Waals surface area contributed by atoms with E-state index in [0.29, 0.717) is 0 Å². The lowest BCUT2D eigenvalue weighted by Crippen LogP contribution is -2.45. The van der Waals surface area contributed by atoms with Crippen LogP contribution in [0.2, 0.25) is 0 Å². The molecule has 0 bridgehead atoms. The summed E-state index contributed by atoms with van der Waals surface area (Å²) in [6.07, 6.45) is -0.0158. The number of hydrogen-bond acceptors (Lipinski definition) is 2. The number of amides is 1. The molecular weight excluding hydrogens is 236 g/mol. The molecule has 1 aromatic carbocycles. The Labute approximate surface area is 116 Å². The fourth-order valence-corrected chi connectivity index (χ4v) is 2.46. The molecule has 3 atom stereocenters. The molecule has 3 heteroatoms. The van der Waals surface area contributed by atoms with E-state index in [-0.39, 0.29) is 29.6 Å². The largest absolute Gasteiger partial charge is 0.318 e. The summed E-state index contributed by atoms with van der Waals surface area (Å²) in [6, 6.07) is 10.3. The zero-order chi connectivity index (χ0) is 14.2. The summed E-state index contributed by atoms with van der Waals surface area (Å²) in [5.74, 6) is 0.191. The Morgan fingerprint density at radius 2 is 1.79 bits per heavy atom. The van der Waals surface area contributed by atoms with Crippen LogP contribution in [0.25, 0.3) is 0 Å². The smallest absolute Gasteiger partial charge is 0.241 e. The highest BCUT2D eigenvalue weighted by atomic mass is 16.2. The van der Waals surface area contributed by atoms with E-state index in [9.17, 15) is 4.79 Å². The minimum absolute atomic E-state index is 0.0158. The number of hydrogen-bond donors (Lipinski definition) is 1. The van der Waals surface area contributed by atoms with E-state index in [0.717, 1.165) is 5.56 Å². The predicted octanol–water partition coefficient (Wildman–Crippen LogP) is 2.94. The molecule has 1 saturated heterocycles. The van der Waals surface area contributed by atoms with E-state index in [2.05, 4.69) is 45.1 Å². The van der Waals surface area contributed by atoms with E-state index >= 15 is 0 Å². The number of rotatable bonds is 2. The van der Waals surface area contributed by atoms with E-state index in [1.54, 1.807) is 0 Å². The van der Waals surface area contributed by atoms with Gasteiger partial charge in [-0.1, -0.05) is 51.1 Å². The molecule has 1 N–H and O–H groups in total. The van der Waals surface area contributed by atoms with Crippen LogP contribution in [0.3, 0.4) is 0 Å². The van der Waals surface area contributed by atoms with Gasteiger partial charge in [0.25, 0.3) is 0 Å². The average molecular weight is 260 g/mol. The van der Waals surface area contributed by atoms with Gasteiger partial charge in [0.1, 0.15) is 6.17 Å². The standard InChI is InChI=1S/C16H24N2O/c1-11-15(19)18(12(2)16(3,4)5)14(17-11)13-9-7-6-8-10-13/h6-12,14,17H,1-5H3. The molecule has 0 saturated carbocycles. The SMILES string of the molecule is CC1NC(c2ccccc2)N(C(C)C(C)(C)C)C1=O. The molecule has 0 aliphatic carbocycles. The van der Waals surface area contributed by atoms with Gasteiger partial charge in [0.15, 0.2) is 0 Å². The third-order valence-corrected chi connectivity index (χ3v) is 4.10. The molecule has 0 radical (unpaired) electrons. The van der Waals surface area contributed by atoms with Gasteiger partial charge in [-0.15, -0.1) is 0 Å². The van der Waals surface area contributed by atoms with Gasteiger partial charge < -0.3 is 4.90 Å². The summed E-state index contributed by atoms with van der Waals surface area (Å²) in [5.41, 5.74) is 1.21. The van der Waals surface area contributed by atoms with E-state index in [1.807, 2.05) is 30.0 Å². The Bertz CT molecular complexity index is 450. The molecule has 1 aliphatic rings. The maximum absolute atomic E-state index is 12.4. The van der Waals surface area contributed by atoms with Crippen LogP contribution in [-0.2, 0) is 4.79 Å². The van der Waals surface area contributed by atoms with Gasteiger partial charge in [-0.25, -0.2) is 0 Å². The molecule has 1 aromatic rings. The quantitative estimate of drug-likeness (QED) is 0.886. The normalized spacial score (nSPS) is 25.7. The predicted molar refractivity (Wildman–Crippen MR) is 77.5 cm³/mol. The summed E-state index contributed by atoms with van der Waals surface area (Å²) >= 11 is 0. The summed E-state index contributed by atoms with van der Waals surface area (Å²) in [5, 5.41) is 3.40. The van der Waals surface area contributed by atoms with Crippen LogP contribution < -0.4 is 5.32 Å². The van der Waals surface area contributed by atoms with Crippen molar-refractivity contribution >= 4 is 5.91 Å². The maximum Gasteiger partial charge on any atom is 0.241 e. The second kappa shape index (κ2) is 4.97. The highest BCUT2D eigenvalue weighted by Gasteiger charge is 2.42. The summed E-state index contributed by atoms with van der Waals surface area (Å²) in [7, 11) is 0. The lowest BCUT2D eigenvalue weighted by molar-refractivity contribution is -0.134. The molecule has 1 amide bonds. The molecule has 104 valence electrons. The molecule has 1 fully saturated rings. The van der Waals surface area contributed by atoms with Crippen molar-refractivity contribution < 1.29 is 4.79 Å². The van der Waals surface area contributed by atoms with Crippen LogP contribution in [0, 0.1) is 5.41 Å². The van der Waals surface area contributed by atoms with Crippen molar-refractivity contribution in [3.63, 3.8) is 0 Å². The highest BCUT2D eigenvalue weighted by Crippen LogP contribution is 2.34. The first-order valence-corrected chi connectivity index (χ1v) is 6.95. The van der Waals surface area contributed by atoms with Crippen molar-refractivity contribution in [2.45, 2.75) is 52.9 Å². The monoisotopic (exact) mass is 260 g/mol. The van der Waals surface area contributed by atoms with Crippen molar-refractivity contribution in [1.29, 1.82) is 0 Å². The summed E-state index contributed by atoms with van der Waals surface area (Å²) in [6.45, 7) is 10.6. The minimum Gasteiger partial charge on any atom is -0.318 e. The molecule has 19 heavy (non-hydrogen) atoms. The van der Waals surface area contributed by atoms with E-state index in [1.165, 1.54) is 0 Å². The fourth-order valence-electron chi connectivity index (χ4n) is 2.46. The number of nitrogens with zero attached hydrogens (tertiary/aromatic N) is 1. The second-order valence-corrected chi connectivity index (χ2v) is 6.49. The zero-order valence-electron chi connectivity index (χ0n) is 12.5.